The summed E-state index contributed by atoms with van der Waals surface area (Å²) in [6.45, 7) is 14.7. The van der Waals surface area contributed by atoms with Crippen molar-refractivity contribution in [1.29, 1.82) is 0 Å². The lowest BCUT2D eigenvalue weighted by Crippen LogP contribution is -2.62. The molecule has 2 unspecified atom stereocenters. The molecule has 6 atom stereocenters. The minimum atomic E-state index is -3.42. The number of urea groups is 1. The maximum atomic E-state index is 14.7. The number of carbonyl (C=O) groups excluding carboxylic acids is 5. The van der Waals surface area contributed by atoms with Gasteiger partial charge >= 0.3 is 6.03 Å². The zero-order chi connectivity index (χ0) is 38.0. The van der Waals surface area contributed by atoms with Crippen LogP contribution in [0.25, 0.3) is 0 Å². The number of fused-ring (bicyclic) bond motifs is 1. The predicted octanol–water partition coefficient (Wildman–Crippen LogP) is 3.10. The summed E-state index contributed by atoms with van der Waals surface area (Å²) >= 11 is 0. The lowest BCUT2D eigenvalue weighted by atomic mass is 9.80. The van der Waals surface area contributed by atoms with E-state index in [4.69, 9.17) is 0 Å². The normalized spacial score (nSPS) is 27.6. The van der Waals surface area contributed by atoms with E-state index < -0.39 is 63.2 Å². The predicted molar refractivity (Wildman–Crippen MR) is 198 cm³/mol. The minimum absolute atomic E-state index is 0.0847. The number of ketones is 1. The molecule has 4 N–H and O–H groups in total. The van der Waals surface area contributed by atoms with Crippen LogP contribution < -0.4 is 21.3 Å². The molecule has 3 aliphatic carbocycles. The Bertz CT molecular complexity index is 1480. The average Bonchev–Trinajstić information content (AvgIpc) is 3.37. The van der Waals surface area contributed by atoms with Gasteiger partial charge in [-0.15, -0.1) is 6.58 Å². The van der Waals surface area contributed by atoms with Crippen LogP contribution in [0.3, 0.4) is 0 Å². The maximum absolute atomic E-state index is 14.7. The molecule has 2 aliphatic heterocycles. The molecular formula is C38H62N6O7S. The zero-order valence-corrected chi connectivity index (χ0v) is 32.7. The summed E-state index contributed by atoms with van der Waals surface area (Å²) in [6, 6.07) is -3.79. The van der Waals surface area contributed by atoms with Gasteiger partial charge in [0.05, 0.1) is 11.8 Å². The molecule has 5 amide bonds. The fourth-order valence-corrected chi connectivity index (χ4v) is 10.5. The van der Waals surface area contributed by atoms with Crippen LogP contribution in [-0.2, 0) is 29.2 Å². The maximum Gasteiger partial charge on any atom is 0.315 e. The third-order valence-electron chi connectivity index (χ3n) is 12.7. The van der Waals surface area contributed by atoms with E-state index in [1.807, 2.05) is 20.8 Å². The van der Waals surface area contributed by atoms with E-state index in [1.54, 1.807) is 4.90 Å². The lowest BCUT2D eigenvalue weighted by Gasteiger charge is -2.39. The van der Waals surface area contributed by atoms with Crippen molar-refractivity contribution in [3.63, 3.8) is 0 Å². The van der Waals surface area contributed by atoms with E-state index in [0.717, 1.165) is 57.8 Å². The third kappa shape index (κ3) is 9.02. The van der Waals surface area contributed by atoms with Gasteiger partial charge in [-0.2, -0.15) is 4.31 Å². The third-order valence-corrected chi connectivity index (χ3v) is 14.6. The molecular weight excluding hydrogens is 685 g/mol. The summed E-state index contributed by atoms with van der Waals surface area (Å²) in [5, 5.41) is 11.5. The van der Waals surface area contributed by atoms with Crippen molar-refractivity contribution in [3.05, 3.63) is 12.7 Å². The van der Waals surface area contributed by atoms with Crippen molar-refractivity contribution in [2.24, 2.45) is 34.5 Å². The summed E-state index contributed by atoms with van der Waals surface area (Å²) < 4.78 is 27.1. The first kappa shape index (κ1) is 40.2. The van der Waals surface area contributed by atoms with Gasteiger partial charge in [-0.3, -0.25) is 19.2 Å². The summed E-state index contributed by atoms with van der Waals surface area (Å²) in [5.74, 6) is -2.07. The van der Waals surface area contributed by atoms with Crippen LogP contribution in [0.2, 0.25) is 0 Å². The molecule has 3 saturated carbocycles. The zero-order valence-electron chi connectivity index (χ0n) is 31.9. The first-order chi connectivity index (χ1) is 24.5. The largest absolute Gasteiger partial charge is 0.346 e. The van der Waals surface area contributed by atoms with Crippen molar-refractivity contribution >= 4 is 39.6 Å². The summed E-state index contributed by atoms with van der Waals surface area (Å²) in [7, 11) is -3.42. The highest BCUT2D eigenvalue weighted by Gasteiger charge is 2.69. The number of rotatable bonds is 14. The second kappa shape index (κ2) is 16.2. The van der Waals surface area contributed by atoms with E-state index in [-0.39, 0.29) is 53.8 Å². The Kier molecular flexibility index (Phi) is 12.5. The Balaban J connectivity index is 1.35. The molecule has 0 radical (unpaired) electrons. The molecule has 52 heavy (non-hydrogen) atoms. The van der Waals surface area contributed by atoms with Crippen LogP contribution in [0.5, 0.6) is 0 Å². The number of hydrogen-bond donors (Lipinski definition) is 4. The SMILES string of the molecule is C=CCNC(=O)C(=O)C(CC1CCC1)NC(=O)C1[C@@H]2[C@H](CN1C(=O)[C@@H](NC(=O)N[C@H](CN1CCCCS1(=O)=O)C(C)(C)C)C1CCCCC1)C2(C)C. The molecule has 0 aromatic carbocycles. The molecule has 0 spiro atoms. The topological polar surface area (TPSA) is 174 Å². The Morgan fingerprint density at radius 1 is 0.923 bits per heavy atom. The minimum Gasteiger partial charge on any atom is -0.346 e. The number of hydrogen-bond acceptors (Lipinski definition) is 7. The fourth-order valence-electron chi connectivity index (χ4n) is 8.93. The molecule has 0 aromatic rings. The summed E-state index contributed by atoms with van der Waals surface area (Å²) in [5.41, 5.74) is -0.664. The summed E-state index contributed by atoms with van der Waals surface area (Å²) in [4.78, 5) is 70.5. The Hall–Kier alpha value is -3.00. The van der Waals surface area contributed by atoms with Gasteiger partial charge in [0, 0.05) is 32.2 Å². The smallest absolute Gasteiger partial charge is 0.315 e. The number of amides is 5. The molecule has 292 valence electrons. The standard InChI is InChI=1S/C38H62N6O7S/c1-7-18-39-34(47)32(45)27(21-24-14-13-15-24)40-33(46)31-29-26(38(29,5)6)22-44(31)35(48)30(25-16-9-8-10-17-25)42-36(49)41-28(37(2,3)4)23-43-19-11-12-20-52(43,50)51/h7,24-31H,1,8-23H2,2-6H3,(H,39,47)(H,40,46)(H2,41,42,49)/t26-,27?,28+,29-,30-,31?/m0/s1. The summed E-state index contributed by atoms with van der Waals surface area (Å²) in [6.07, 6.45) is 10.6. The second-order valence-electron chi connectivity index (χ2n) is 17.6. The van der Waals surface area contributed by atoms with Crippen LogP contribution in [-0.4, -0.2) is 103 Å². The van der Waals surface area contributed by atoms with Gasteiger partial charge in [-0.05, 0) is 66.6 Å². The highest BCUT2D eigenvalue weighted by molar-refractivity contribution is 7.89. The van der Waals surface area contributed by atoms with Crippen molar-refractivity contribution in [2.75, 3.05) is 31.9 Å². The van der Waals surface area contributed by atoms with Gasteiger partial charge in [0.15, 0.2) is 0 Å². The molecule has 5 aliphatic rings. The van der Waals surface area contributed by atoms with Crippen LogP contribution in [0.1, 0.15) is 105 Å². The molecule has 5 rings (SSSR count). The Labute approximate surface area is 310 Å². The number of likely N-dealkylation sites (tertiary alicyclic amines) is 1. The molecule has 0 aromatic heterocycles. The van der Waals surface area contributed by atoms with Crippen molar-refractivity contribution in [3.8, 4) is 0 Å². The van der Waals surface area contributed by atoms with Gasteiger partial charge in [0.25, 0.3) is 5.91 Å². The number of sulfonamides is 1. The monoisotopic (exact) mass is 746 g/mol. The lowest BCUT2D eigenvalue weighted by molar-refractivity contribution is -0.145. The van der Waals surface area contributed by atoms with Crippen LogP contribution in [0.15, 0.2) is 12.7 Å². The quantitative estimate of drug-likeness (QED) is 0.156. The van der Waals surface area contributed by atoms with E-state index in [2.05, 4.69) is 41.7 Å². The highest BCUT2D eigenvalue weighted by atomic mass is 32.2. The van der Waals surface area contributed by atoms with Crippen molar-refractivity contribution in [2.45, 2.75) is 129 Å². The first-order valence-electron chi connectivity index (χ1n) is 19.5. The number of nitrogens with zero attached hydrogens (tertiary/aromatic N) is 2. The van der Waals surface area contributed by atoms with Crippen LogP contribution in [0.4, 0.5) is 4.79 Å². The van der Waals surface area contributed by atoms with Gasteiger partial charge in [0.2, 0.25) is 27.6 Å². The van der Waals surface area contributed by atoms with Crippen LogP contribution in [0, 0.1) is 34.5 Å². The molecule has 2 heterocycles. The Morgan fingerprint density at radius 2 is 1.62 bits per heavy atom. The Morgan fingerprint density at radius 3 is 2.21 bits per heavy atom. The molecule has 13 nitrogen and oxygen atoms in total. The average molecular weight is 747 g/mol. The van der Waals surface area contributed by atoms with E-state index in [0.29, 0.717) is 25.9 Å². The molecule has 14 heteroatoms. The van der Waals surface area contributed by atoms with Gasteiger partial charge < -0.3 is 26.2 Å². The van der Waals surface area contributed by atoms with Gasteiger partial charge in [-0.25, -0.2) is 13.2 Å². The van der Waals surface area contributed by atoms with Crippen LogP contribution >= 0.6 is 0 Å². The number of Topliss-reactive ketones (excluding diaryl/α,β-unsaturated/α-hetero) is 1. The van der Waals surface area contributed by atoms with E-state index in [1.165, 1.54) is 10.4 Å². The number of piperidine rings is 1. The van der Waals surface area contributed by atoms with E-state index >= 15 is 0 Å². The van der Waals surface area contributed by atoms with E-state index in [9.17, 15) is 32.4 Å². The number of nitrogens with one attached hydrogen (secondary N) is 4. The first-order valence-corrected chi connectivity index (χ1v) is 21.1. The highest BCUT2D eigenvalue weighted by Crippen LogP contribution is 2.65. The second-order valence-corrected chi connectivity index (χ2v) is 19.7. The van der Waals surface area contributed by atoms with Crippen molar-refractivity contribution < 1.29 is 32.4 Å². The van der Waals surface area contributed by atoms with Gasteiger partial charge in [-0.1, -0.05) is 79.2 Å². The molecule has 0 bridgehead atoms. The fraction of sp³-hybridized carbons (Fsp3) is 0.816. The van der Waals surface area contributed by atoms with Crippen molar-refractivity contribution in [1.82, 2.24) is 30.5 Å². The molecule has 5 fully saturated rings. The number of carbonyl (C=O) groups is 5. The molecule has 2 saturated heterocycles. The van der Waals surface area contributed by atoms with Gasteiger partial charge in [0.1, 0.15) is 12.1 Å².